The van der Waals surface area contributed by atoms with Crippen LogP contribution in [0.4, 0.5) is 0 Å². The highest BCUT2D eigenvalue weighted by Crippen LogP contribution is 2.28. The summed E-state index contributed by atoms with van der Waals surface area (Å²) in [6.07, 6.45) is 3.31. The second-order valence-electron chi connectivity index (χ2n) is 6.13. The largest absolute Gasteiger partial charge is 0.381 e. The summed E-state index contributed by atoms with van der Waals surface area (Å²) >= 11 is 0. The lowest BCUT2D eigenvalue weighted by Gasteiger charge is -2.36. The smallest absolute Gasteiger partial charge is 0.223 e. The van der Waals surface area contributed by atoms with Crippen LogP contribution in [0, 0.1) is 11.3 Å². The van der Waals surface area contributed by atoms with Crippen molar-refractivity contribution < 1.29 is 14.3 Å². The maximum Gasteiger partial charge on any atom is 0.223 e. The number of nitrogens with zero attached hydrogens (tertiary/aromatic N) is 1. The quantitative estimate of drug-likeness (QED) is 0.751. The number of likely N-dealkylation sites (tertiary alicyclic amines) is 1. The zero-order valence-corrected chi connectivity index (χ0v) is 11.4. The monoisotopic (exact) mass is 253 g/mol. The number of carbonyl (C=O) groups is 2. The molecule has 18 heavy (non-hydrogen) atoms. The summed E-state index contributed by atoms with van der Waals surface area (Å²) in [5.41, 5.74) is -0.255. The van der Waals surface area contributed by atoms with E-state index in [4.69, 9.17) is 4.74 Å². The van der Waals surface area contributed by atoms with Crippen LogP contribution in [0.3, 0.4) is 0 Å². The van der Waals surface area contributed by atoms with Gasteiger partial charge >= 0.3 is 0 Å². The van der Waals surface area contributed by atoms with Crippen molar-refractivity contribution >= 4 is 11.7 Å². The van der Waals surface area contributed by atoms with Gasteiger partial charge in [0, 0.05) is 31.6 Å². The van der Waals surface area contributed by atoms with Crippen LogP contribution in [0.25, 0.3) is 0 Å². The molecule has 2 heterocycles. The van der Waals surface area contributed by atoms with Crippen molar-refractivity contribution in [3.63, 3.8) is 0 Å². The molecule has 2 fully saturated rings. The highest BCUT2D eigenvalue weighted by atomic mass is 16.5. The Morgan fingerprint density at radius 2 is 2.06 bits per heavy atom. The molecule has 0 spiro atoms. The van der Waals surface area contributed by atoms with Gasteiger partial charge in [0.25, 0.3) is 0 Å². The molecule has 0 saturated carbocycles. The standard InChI is InChI=1S/C14H23NO3/c1-14(2)5-6-15(10-12(14)16)13(17)9-11-3-7-18-8-4-11/h11H,3-10H2,1-2H3. The van der Waals surface area contributed by atoms with Crippen LogP contribution in [-0.2, 0) is 14.3 Å². The predicted octanol–water partition coefficient (Wildman–Crippen LogP) is 1.63. The van der Waals surface area contributed by atoms with Crippen molar-refractivity contribution in [3.05, 3.63) is 0 Å². The summed E-state index contributed by atoms with van der Waals surface area (Å²) in [6, 6.07) is 0. The third-order valence-electron chi connectivity index (χ3n) is 4.25. The molecule has 2 aliphatic rings. The first-order valence-corrected chi connectivity index (χ1v) is 6.88. The highest BCUT2D eigenvalue weighted by Gasteiger charge is 2.35. The van der Waals surface area contributed by atoms with Crippen LogP contribution >= 0.6 is 0 Å². The molecule has 102 valence electrons. The van der Waals surface area contributed by atoms with Gasteiger partial charge in [-0.15, -0.1) is 0 Å². The van der Waals surface area contributed by atoms with Crippen molar-refractivity contribution in [1.29, 1.82) is 0 Å². The van der Waals surface area contributed by atoms with Gasteiger partial charge < -0.3 is 9.64 Å². The lowest BCUT2D eigenvalue weighted by molar-refractivity contribution is -0.143. The van der Waals surface area contributed by atoms with E-state index in [1.165, 1.54) is 0 Å². The Labute approximate surface area is 109 Å². The molecule has 4 heteroatoms. The van der Waals surface area contributed by atoms with E-state index < -0.39 is 0 Å². The van der Waals surface area contributed by atoms with E-state index in [1.54, 1.807) is 4.90 Å². The number of amides is 1. The van der Waals surface area contributed by atoms with Crippen LogP contribution in [-0.4, -0.2) is 42.9 Å². The van der Waals surface area contributed by atoms with Gasteiger partial charge in [-0.1, -0.05) is 13.8 Å². The Balaban J connectivity index is 1.84. The minimum atomic E-state index is -0.255. The molecule has 0 radical (unpaired) electrons. The SMILES string of the molecule is CC1(C)CCN(C(=O)CC2CCOCC2)CC1=O. The Kier molecular flexibility index (Phi) is 4.05. The number of ketones is 1. The fraction of sp³-hybridized carbons (Fsp3) is 0.857. The molecule has 0 atom stereocenters. The molecule has 2 rings (SSSR count). The first-order valence-electron chi connectivity index (χ1n) is 6.88. The van der Waals surface area contributed by atoms with Crippen LogP contribution in [0.15, 0.2) is 0 Å². The molecule has 0 aromatic rings. The van der Waals surface area contributed by atoms with Crippen molar-refractivity contribution in [2.75, 3.05) is 26.3 Å². The fourth-order valence-electron chi connectivity index (χ4n) is 2.56. The summed E-state index contributed by atoms with van der Waals surface area (Å²) in [6.45, 7) is 6.49. The summed E-state index contributed by atoms with van der Waals surface area (Å²) in [5.74, 6) is 0.774. The second kappa shape index (κ2) is 5.39. The van der Waals surface area contributed by atoms with Crippen molar-refractivity contribution in [2.24, 2.45) is 11.3 Å². The first kappa shape index (κ1) is 13.5. The van der Waals surface area contributed by atoms with Crippen LogP contribution in [0.5, 0.6) is 0 Å². The molecule has 0 bridgehead atoms. The molecule has 0 aromatic heterocycles. The molecule has 1 amide bonds. The third-order valence-corrected chi connectivity index (χ3v) is 4.25. The van der Waals surface area contributed by atoms with Gasteiger partial charge in [0.05, 0.1) is 6.54 Å². The second-order valence-corrected chi connectivity index (χ2v) is 6.13. The van der Waals surface area contributed by atoms with E-state index in [2.05, 4.69) is 0 Å². The number of hydrogen-bond acceptors (Lipinski definition) is 3. The van der Waals surface area contributed by atoms with Gasteiger partial charge in [0.2, 0.25) is 5.91 Å². The van der Waals surface area contributed by atoms with Gasteiger partial charge in [-0.3, -0.25) is 9.59 Å². The molecule has 2 saturated heterocycles. The van der Waals surface area contributed by atoms with Crippen molar-refractivity contribution in [3.8, 4) is 0 Å². The van der Waals surface area contributed by atoms with E-state index >= 15 is 0 Å². The summed E-state index contributed by atoms with van der Waals surface area (Å²) in [4.78, 5) is 25.8. The van der Waals surface area contributed by atoms with E-state index in [0.29, 0.717) is 18.9 Å². The summed E-state index contributed by atoms with van der Waals surface area (Å²) < 4.78 is 5.29. The Bertz CT molecular complexity index is 332. The topological polar surface area (TPSA) is 46.6 Å². The normalized spacial score (nSPS) is 25.2. The lowest BCUT2D eigenvalue weighted by atomic mass is 9.81. The van der Waals surface area contributed by atoms with E-state index in [1.807, 2.05) is 13.8 Å². The van der Waals surface area contributed by atoms with Crippen LogP contribution < -0.4 is 0 Å². The number of ether oxygens (including phenoxy) is 1. The zero-order chi connectivity index (χ0) is 13.2. The van der Waals surface area contributed by atoms with Gasteiger partial charge in [-0.05, 0) is 25.2 Å². The van der Waals surface area contributed by atoms with Gasteiger partial charge in [-0.25, -0.2) is 0 Å². The Morgan fingerprint density at radius 1 is 1.39 bits per heavy atom. The molecule has 0 N–H and O–H groups in total. The zero-order valence-electron chi connectivity index (χ0n) is 11.4. The third kappa shape index (κ3) is 3.10. The summed E-state index contributed by atoms with van der Waals surface area (Å²) in [7, 11) is 0. The Morgan fingerprint density at radius 3 is 2.67 bits per heavy atom. The maximum absolute atomic E-state index is 12.2. The minimum absolute atomic E-state index is 0.144. The molecule has 4 nitrogen and oxygen atoms in total. The van der Waals surface area contributed by atoms with Gasteiger partial charge in [-0.2, -0.15) is 0 Å². The van der Waals surface area contributed by atoms with E-state index in [9.17, 15) is 9.59 Å². The van der Waals surface area contributed by atoms with Crippen molar-refractivity contribution in [1.82, 2.24) is 4.90 Å². The number of rotatable bonds is 2. The number of carbonyl (C=O) groups excluding carboxylic acids is 2. The fourth-order valence-corrected chi connectivity index (χ4v) is 2.56. The van der Waals surface area contributed by atoms with Crippen LogP contribution in [0.1, 0.15) is 39.5 Å². The molecular weight excluding hydrogens is 230 g/mol. The van der Waals surface area contributed by atoms with E-state index in [-0.39, 0.29) is 17.1 Å². The highest BCUT2D eigenvalue weighted by molar-refractivity contribution is 5.90. The molecular formula is C14H23NO3. The first-order chi connectivity index (χ1) is 8.49. The molecule has 0 unspecified atom stereocenters. The number of piperidine rings is 1. The number of hydrogen-bond donors (Lipinski definition) is 0. The lowest BCUT2D eigenvalue weighted by Crippen LogP contribution is -2.48. The average Bonchev–Trinajstić information content (AvgIpc) is 2.34. The molecule has 0 aromatic carbocycles. The average molecular weight is 253 g/mol. The maximum atomic E-state index is 12.2. The Hall–Kier alpha value is -0.900. The number of Topliss-reactive ketones (excluding diaryl/α,β-unsaturated/α-hetero) is 1. The van der Waals surface area contributed by atoms with Crippen molar-refractivity contribution in [2.45, 2.75) is 39.5 Å². The predicted molar refractivity (Wildman–Crippen MR) is 68.1 cm³/mol. The molecule has 2 aliphatic heterocycles. The van der Waals surface area contributed by atoms with Gasteiger partial charge in [0.1, 0.15) is 0 Å². The minimum Gasteiger partial charge on any atom is -0.381 e. The summed E-state index contributed by atoms with van der Waals surface area (Å²) in [5, 5.41) is 0. The van der Waals surface area contributed by atoms with Crippen LogP contribution in [0.2, 0.25) is 0 Å². The van der Waals surface area contributed by atoms with E-state index in [0.717, 1.165) is 39.0 Å². The molecule has 0 aliphatic carbocycles. The van der Waals surface area contributed by atoms with Gasteiger partial charge in [0.15, 0.2) is 5.78 Å².